The van der Waals surface area contributed by atoms with E-state index in [2.05, 4.69) is 4.90 Å². The number of rotatable bonds is 5. The fourth-order valence-corrected chi connectivity index (χ4v) is 2.08. The zero-order valence-electron chi connectivity index (χ0n) is 11.5. The molecule has 5 nitrogen and oxygen atoms in total. The van der Waals surface area contributed by atoms with Gasteiger partial charge in [0.05, 0.1) is 5.92 Å². The fraction of sp³-hybridized carbons (Fsp3) is 0.500. The fourth-order valence-electron chi connectivity index (χ4n) is 2.08. The maximum Gasteiger partial charge on any atom is 0.306 e. The van der Waals surface area contributed by atoms with E-state index in [1.807, 2.05) is 26.1 Å². The molecule has 1 aliphatic heterocycles. The monoisotopic (exact) mass is 265 g/mol. The van der Waals surface area contributed by atoms with E-state index in [4.69, 9.17) is 14.6 Å². The summed E-state index contributed by atoms with van der Waals surface area (Å²) in [7, 11) is 1.96. The number of fused-ring (bicyclic) bond motifs is 1. The van der Waals surface area contributed by atoms with Gasteiger partial charge in [0.15, 0.2) is 11.5 Å². The van der Waals surface area contributed by atoms with Crippen molar-refractivity contribution in [1.29, 1.82) is 0 Å². The van der Waals surface area contributed by atoms with Gasteiger partial charge >= 0.3 is 5.97 Å². The number of hydrogen-bond donors (Lipinski definition) is 1. The Morgan fingerprint density at radius 3 is 2.68 bits per heavy atom. The molecule has 0 aliphatic carbocycles. The number of benzene rings is 1. The molecular weight excluding hydrogens is 246 g/mol. The molecule has 0 fully saturated rings. The molecular formula is C14H19NO4. The van der Waals surface area contributed by atoms with Crippen LogP contribution in [0.15, 0.2) is 12.1 Å². The van der Waals surface area contributed by atoms with Gasteiger partial charge in [0, 0.05) is 25.3 Å². The molecule has 1 aromatic rings. The van der Waals surface area contributed by atoms with Crippen molar-refractivity contribution in [3.8, 4) is 11.5 Å². The van der Waals surface area contributed by atoms with Crippen LogP contribution in [0.3, 0.4) is 0 Å². The van der Waals surface area contributed by atoms with Gasteiger partial charge in [-0.15, -0.1) is 0 Å². The summed E-state index contributed by atoms with van der Waals surface area (Å²) in [5.41, 5.74) is 2.14. The highest BCUT2D eigenvalue weighted by atomic mass is 16.7. The Balaban J connectivity index is 2.07. The molecule has 5 heteroatoms. The van der Waals surface area contributed by atoms with E-state index < -0.39 is 5.97 Å². The molecule has 1 N–H and O–H groups in total. The predicted octanol–water partition coefficient (Wildman–Crippen LogP) is 2.27. The smallest absolute Gasteiger partial charge is 0.306 e. The van der Waals surface area contributed by atoms with Crippen LogP contribution in [-0.4, -0.2) is 31.5 Å². The minimum Gasteiger partial charge on any atom is -0.481 e. The second-order valence-corrected chi connectivity index (χ2v) is 4.94. The van der Waals surface area contributed by atoms with Crippen LogP contribution in [0.4, 0.5) is 5.69 Å². The van der Waals surface area contributed by atoms with Gasteiger partial charge in [-0.3, -0.25) is 4.79 Å². The number of carboxylic acids is 1. The summed E-state index contributed by atoms with van der Waals surface area (Å²) in [5.74, 6) is 0.430. The van der Waals surface area contributed by atoms with Crippen LogP contribution in [0.5, 0.6) is 11.5 Å². The number of carboxylic acid groups (broad SMARTS) is 1. The van der Waals surface area contributed by atoms with Gasteiger partial charge in [0.25, 0.3) is 0 Å². The third-order valence-corrected chi connectivity index (χ3v) is 3.42. The van der Waals surface area contributed by atoms with Crippen molar-refractivity contribution in [1.82, 2.24) is 0 Å². The van der Waals surface area contributed by atoms with Crippen LogP contribution >= 0.6 is 0 Å². The minimum absolute atomic E-state index is 0.262. The predicted molar refractivity (Wildman–Crippen MR) is 72.0 cm³/mol. The van der Waals surface area contributed by atoms with Crippen molar-refractivity contribution in [2.24, 2.45) is 5.92 Å². The molecule has 0 radical (unpaired) electrons. The Labute approximate surface area is 112 Å². The van der Waals surface area contributed by atoms with Gasteiger partial charge in [0.1, 0.15) is 0 Å². The van der Waals surface area contributed by atoms with Crippen LogP contribution in [0, 0.1) is 12.8 Å². The Hall–Kier alpha value is -1.91. The summed E-state index contributed by atoms with van der Waals surface area (Å²) < 4.78 is 10.7. The van der Waals surface area contributed by atoms with Crippen LogP contribution in [0.2, 0.25) is 0 Å². The summed E-state index contributed by atoms with van der Waals surface area (Å²) in [6.45, 7) is 4.68. The molecule has 1 aliphatic rings. The zero-order valence-corrected chi connectivity index (χ0v) is 11.5. The molecule has 1 aromatic carbocycles. The van der Waals surface area contributed by atoms with Crippen LogP contribution in [0.25, 0.3) is 0 Å². The highest BCUT2D eigenvalue weighted by Crippen LogP contribution is 2.37. The van der Waals surface area contributed by atoms with Gasteiger partial charge in [0.2, 0.25) is 6.79 Å². The Kier molecular flexibility index (Phi) is 3.83. The van der Waals surface area contributed by atoms with Crippen LogP contribution in [0.1, 0.15) is 18.9 Å². The van der Waals surface area contributed by atoms with Crippen LogP contribution in [-0.2, 0) is 4.79 Å². The van der Waals surface area contributed by atoms with E-state index in [0.717, 1.165) is 22.7 Å². The number of ether oxygens (including phenoxy) is 2. The van der Waals surface area contributed by atoms with Crippen molar-refractivity contribution in [2.45, 2.75) is 20.3 Å². The SMILES string of the molecule is Cc1cc2c(cc1N(C)CCC(C)C(=O)O)OCO2. The van der Waals surface area contributed by atoms with E-state index >= 15 is 0 Å². The lowest BCUT2D eigenvalue weighted by atomic mass is 10.1. The number of aryl methyl sites for hydroxylation is 1. The van der Waals surface area contributed by atoms with E-state index in [9.17, 15) is 4.79 Å². The second kappa shape index (κ2) is 5.38. The highest BCUT2D eigenvalue weighted by molar-refractivity contribution is 5.69. The molecule has 0 saturated heterocycles. The Bertz CT molecular complexity index is 487. The van der Waals surface area contributed by atoms with Crippen molar-refractivity contribution in [2.75, 3.05) is 25.3 Å². The average Bonchev–Trinajstić information content (AvgIpc) is 2.81. The van der Waals surface area contributed by atoms with Crippen molar-refractivity contribution < 1.29 is 19.4 Å². The lowest BCUT2D eigenvalue weighted by molar-refractivity contribution is -0.141. The number of carbonyl (C=O) groups is 1. The average molecular weight is 265 g/mol. The van der Waals surface area contributed by atoms with Gasteiger partial charge in [-0.25, -0.2) is 0 Å². The lowest BCUT2D eigenvalue weighted by Crippen LogP contribution is -2.23. The summed E-state index contributed by atoms with van der Waals surface area (Å²) >= 11 is 0. The summed E-state index contributed by atoms with van der Waals surface area (Å²) in [6, 6.07) is 3.90. The first-order valence-corrected chi connectivity index (χ1v) is 6.33. The van der Waals surface area contributed by atoms with Crippen LogP contribution < -0.4 is 14.4 Å². The standard InChI is InChI=1S/C14H19NO4/c1-9(14(16)17)4-5-15(3)11-7-13-12(6-10(11)2)18-8-19-13/h6-7,9H,4-5,8H2,1-3H3,(H,16,17). The molecule has 19 heavy (non-hydrogen) atoms. The van der Waals surface area contributed by atoms with E-state index in [0.29, 0.717) is 13.0 Å². The topological polar surface area (TPSA) is 59.0 Å². The summed E-state index contributed by atoms with van der Waals surface area (Å²) in [5, 5.41) is 8.89. The molecule has 0 bridgehead atoms. The highest BCUT2D eigenvalue weighted by Gasteiger charge is 2.18. The molecule has 0 saturated carbocycles. The van der Waals surface area contributed by atoms with E-state index in [-0.39, 0.29) is 12.7 Å². The quantitative estimate of drug-likeness (QED) is 0.885. The second-order valence-electron chi connectivity index (χ2n) is 4.94. The lowest BCUT2D eigenvalue weighted by Gasteiger charge is -2.22. The minimum atomic E-state index is -0.754. The molecule has 0 amide bonds. The zero-order chi connectivity index (χ0) is 14.0. The number of nitrogens with zero attached hydrogens (tertiary/aromatic N) is 1. The van der Waals surface area contributed by atoms with Gasteiger partial charge < -0.3 is 19.5 Å². The summed E-state index contributed by atoms with van der Waals surface area (Å²) in [4.78, 5) is 12.9. The Morgan fingerprint density at radius 1 is 1.42 bits per heavy atom. The molecule has 104 valence electrons. The number of aliphatic carboxylic acids is 1. The third-order valence-electron chi connectivity index (χ3n) is 3.42. The van der Waals surface area contributed by atoms with Gasteiger partial charge in [-0.2, -0.15) is 0 Å². The molecule has 0 spiro atoms. The molecule has 0 aromatic heterocycles. The first-order valence-electron chi connectivity index (χ1n) is 6.33. The number of anilines is 1. The van der Waals surface area contributed by atoms with Crippen molar-refractivity contribution in [3.05, 3.63) is 17.7 Å². The van der Waals surface area contributed by atoms with E-state index in [1.54, 1.807) is 6.92 Å². The third kappa shape index (κ3) is 2.92. The number of hydrogen-bond acceptors (Lipinski definition) is 4. The largest absolute Gasteiger partial charge is 0.481 e. The normalized spacial score (nSPS) is 14.3. The van der Waals surface area contributed by atoms with Gasteiger partial charge in [-0.05, 0) is 25.0 Å². The van der Waals surface area contributed by atoms with Crippen molar-refractivity contribution >= 4 is 11.7 Å². The van der Waals surface area contributed by atoms with E-state index in [1.165, 1.54) is 0 Å². The maximum absolute atomic E-state index is 10.8. The molecule has 2 rings (SSSR count). The first-order chi connectivity index (χ1) is 8.99. The summed E-state index contributed by atoms with van der Waals surface area (Å²) in [6.07, 6.45) is 0.611. The molecule has 1 atom stereocenters. The molecule has 1 unspecified atom stereocenters. The maximum atomic E-state index is 10.8. The molecule has 1 heterocycles. The van der Waals surface area contributed by atoms with Gasteiger partial charge in [-0.1, -0.05) is 6.92 Å². The first kappa shape index (κ1) is 13.5. The van der Waals surface area contributed by atoms with Crippen molar-refractivity contribution in [3.63, 3.8) is 0 Å². The Morgan fingerprint density at radius 2 is 2.05 bits per heavy atom.